The quantitative estimate of drug-likeness (QED) is 0.213. The lowest BCUT2D eigenvalue weighted by molar-refractivity contribution is -0.117. The molecule has 0 radical (unpaired) electrons. The molecule has 12 heteroatoms. The number of hydrogen-bond donors (Lipinski definition) is 3. The molecule has 2 aliphatic rings. The molecule has 3 aromatic rings. The monoisotopic (exact) mass is 711 g/mol. The van der Waals surface area contributed by atoms with Crippen LogP contribution in [0.3, 0.4) is 0 Å². The summed E-state index contributed by atoms with van der Waals surface area (Å²) in [4.78, 5) is 38.6. The van der Waals surface area contributed by atoms with E-state index in [0.29, 0.717) is 27.6 Å². The third-order valence-corrected chi connectivity index (χ3v) is 9.48. The average molecular weight is 714 g/mol. The lowest BCUT2D eigenvalue weighted by atomic mass is 9.82. The Kier molecular flexibility index (Phi) is 8.76. The highest BCUT2D eigenvalue weighted by Crippen LogP contribution is 2.65. The Bertz CT molecular complexity index is 1570. The highest BCUT2D eigenvalue weighted by atomic mass is 79.9. The number of amides is 3. The molecule has 3 amide bonds. The Morgan fingerprint density at radius 1 is 0.929 bits per heavy atom. The highest BCUT2D eigenvalue weighted by molar-refractivity contribution is 9.10. The summed E-state index contributed by atoms with van der Waals surface area (Å²) in [5, 5.41) is 9.05. The predicted molar refractivity (Wildman–Crippen MR) is 171 cm³/mol. The minimum absolute atomic E-state index is 0.155. The number of carbonyl (C=O) groups excluding carboxylic acids is 3. The van der Waals surface area contributed by atoms with Gasteiger partial charge in [-0.2, -0.15) is 0 Å². The van der Waals surface area contributed by atoms with Crippen LogP contribution in [0.1, 0.15) is 53.6 Å². The molecule has 5 rings (SSSR count). The molecular weight excluding hydrogens is 688 g/mol. The lowest BCUT2D eigenvalue weighted by Gasteiger charge is -2.37. The normalized spacial score (nSPS) is 19.7. The number of benzene rings is 3. The van der Waals surface area contributed by atoms with Gasteiger partial charge in [0.15, 0.2) is 0 Å². The second-order valence-corrected chi connectivity index (χ2v) is 14.0. The Morgan fingerprint density at radius 3 is 2.26 bits per heavy atom. The molecule has 2 aliphatic carbocycles. The minimum atomic E-state index is -1.31. The van der Waals surface area contributed by atoms with Crippen LogP contribution in [0.4, 0.5) is 21.9 Å². The van der Waals surface area contributed by atoms with Gasteiger partial charge in [0, 0.05) is 32.5 Å². The van der Waals surface area contributed by atoms with Crippen LogP contribution in [0.2, 0.25) is 10.0 Å². The van der Waals surface area contributed by atoms with Crippen molar-refractivity contribution < 1.29 is 19.1 Å². The fourth-order valence-corrected chi connectivity index (χ4v) is 6.95. The molecule has 0 bridgehead atoms. The molecule has 0 aliphatic heterocycles. The van der Waals surface area contributed by atoms with Crippen LogP contribution in [0.5, 0.6) is 0 Å². The van der Waals surface area contributed by atoms with E-state index in [9.17, 15) is 14.4 Å². The summed E-state index contributed by atoms with van der Waals surface area (Å²) in [6.45, 7) is 3.71. The molecule has 42 heavy (non-hydrogen) atoms. The third-order valence-electron chi connectivity index (χ3n) is 7.53. The molecular formula is C30H26BrCl4N3O4. The van der Waals surface area contributed by atoms with E-state index in [1.165, 1.54) is 12.1 Å². The zero-order chi connectivity index (χ0) is 30.4. The minimum Gasteiger partial charge on any atom is -0.443 e. The van der Waals surface area contributed by atoms with Gasteiger partial charge in [-0.25, -0.2) is 4.79 Å². The molecule has 2 saturated carbocycles. The summed E-state index contributed by atoms with van der Waals surface area (Å²) in [7, 11) is 0. The maximum absolute atomic E-state index is 13.2. The molecule has 0 heterocycles. The molecule has 7 nitrogen and oxygen atoms in total. The molecule has 0 aromatic heterocycles. The van der Waals surface area contributed by atoms with Crippen molar-refractivity contribution in [3.05, 3.63) is 85.8 Å². The van der Waals surface area contributed by atoms with Crippen molar-refractivity contribution in [2.45, 2.75) is 49.0 Å². The zero-order valence-corrected chi connectivity index (χ0v) is 27.1. The van der Waals surface area contributed by atoms with Gasteiger partial charge < -0.3 is 15.4 Å². The van der Waals surface area contributed by atoms with E-state index in [1.807, 2.05) is 13.0 Å². The molecule has 2 unspecified atom stereocenters. The Morgan fingerprint density at radius 2 is 1.62 bits per heavy atom. The van der Waals surface area contributed by atoms with Gasteiger partial charge in [0.05, 0.1) is 16.5 Å². The summed E-state index contributed by atoms with van der Waals surface area (Å²) >= 11 is 28.9. The molecule has 0 saturated heterocycles. The predicted octanol–water partition coefficient (Wildman–Crippen LogP) is 9.33. The number of rotatable bonds is 7. The van der Waals surface area contributed by atoms with Crippen molar-refractivity contribution in [3.63, 3.8) is 0 Å². The van der Waals surface area contributed by atoms with Crippen LogP contribution < -0.4 is 16.0 Å². The maximum atomic E-state index is 13.2. The van der Waals surface area contributed by atoms with Crippen molar-refractivity contribution in [1.82, 2.24) is 0 Å². The second-order valence-electron chi connectivity index (χ2n) is 10.8. The van der Waals surface area contributed by atoms with Gasteiger partial charge in [-0.1, -0.05) is 39.1 Å². The molecule has 220 valence electrons. The molecule has 0 spiro atoms. The molecule has 3 aromatic carbocycles. The number of hydrogen-bond acceptors (Lipinski definition) is 4. The average Bonchev–Trinajstić information content (AvgIpc) is 3.47. The topological polar surface area (TPSA) is 96.5 Å². The second kappa shape index (κ2) is 11.9. The lowest BCUT2D eigenvalue weighted by Crippen LogP contribution is -2.39. The number of halogens is 5. The van der Waals surface area contributed by atoms with E-state index in [1.54, 1.807) is 43.3 Å². The Hall–Kier alpha value is -2.49. The number of anilines is 3. The first kappa shape index (κ1) is 31.0. The first-order chi connectivity index (χ1) is 19.8. The fourth-order valence-electron chi connectivity index (χ4n) is 5.03. The number of nitrogens with one attached hydrogen (secondary N) is 3. The smallest absolute Gasteiger partial charge is 0.412 e. The van der Waals surface area contributed by atoms with Gasteiger partial charge in [0.25, 0.3) is 5.91 Å². The maximum Gasteiger partial charge on any atom is 0.412 e. The summed E-state index contributed by atoms with van der Waals surface area (Å²) in [6, 6.07) is 14.9. The van der Waals surface area contributed by atoms with E-state index >= 15 is 0 Å². The van der Waals surface area contributed by atoms with Crippen molar-refractivity contribution in [2.24, 2.45) is 5.92 Å². The largest absolute Gasteiger partial charge is 0.443 e. The Labute approximate surface area is 271 Å². The van der Waals surface area contributed by atoms with Crippen molar-refractivity contribution in [3.8, 4) is 0 Å². The number of aryl methyl sites for hydroxylation is 1. The standard InChI is InChI=1S/C30H26BrCl4N3O4/c1-15-10-19(37-28(41)42-29(2)8-3-9-29)5-7-23(15)38-26(39)21-14-20(4-6-22(21)33)36-27(40)25-24(30(25,34)35)16-11-17(31)13-18(32)12-16/h4-7,10-14,24-25H,3,8-9H2,1-2H3,(H,36,40)(H,37,41)(H,38,39). The SMILES string of the molecule is Cc1cc(NC(=O)OC2(C)CCC2)ccc1NC(=O)c1cc(NC(=O)C2C(c3cc(Cl)cc(Br)c3)C2(Cl)Cl)ccc1Cl. The van der Waals surface area contributed by atoms with Gasteiger partial charge >= 0.3 is 6.09 Å². The summed E-state index contributed by atoms with van der Waals surface area (Å²) in [6.07, 6.45) is 2.22. The van der Waals surface area contributed by atoms with E-state index in [0.717, 1.165) is 29.3 Å². The third kappa shape index (κ3) is 6.68. The summed E-state index contributed by atoms with van der Waals surface area (Å²) in [5.74, 6) is -2.08. The fraction of sp³-hybridized carbons (Fsp3) is 0.300. The first-order valence-corrected chi connectivity index (χ1v) is 15.4. The van der Waals surface area contributed by atoms with Crippen molar-refractivity contribution >= 4 is 97.3 Å². The van der Waals surface area contributed by atoms with Crippen LogP contribution in [0, 0.1) is 12.8 Å². The van der Waals surface area contributed by atoms with Gasteiger partial charge in [0.1, 0.15) is 9.93 Å². The molecule has 2 fully saturated rings. The van der Waals surface area contributed by atoms with E-state index in [4.69, 9.17) is 51.1 Å². The van der Waals surface area contributed by atoms with Crippen molar-refractivity contribution in [2.75, 3.05) is 16.0 Å². The summed E-state index contributed by atoms with van der Waals surface area (Å²) in [5.41, 5.74) is 2.61. The number of carbonyl (C=O) groups is 3. The first-order valence-electron chi connectivity index (χ1n) is 13.1. The van der Waals surface area contributed by atoms with E-state index in [-0.39, 0.29) is 10.6 Å². The van der Waals surface area contributed by atoms with Crippen LogP contribution in [0.15, 0.2) is 59.1 Å². The van der Waals surface area contributed by atoms with Crippen molar-refractivity contribution in [1.29, 1.82) is 0 Å². The van der Waals surface area contributed by atoms with Crippen LogP contribution in [0.25, 0.3) is 0 Å². The van der Waals surface area contributed by atoms with Crippen LogP contribution in [-0.4, -0.2) is 27.8 Å². The van der Waals surface area contributed by atoms with Gasteiger partial charge in [-0.05, 0) is 98.8 Å². The number of alkyl halides is 2. The summed E-state index contributed by atoms with van der Waals surface area (Å²) < 4.78 is 4.94. The molecule has 2 atom stereocenters. The highest BCUT2D eigenvalue weighted by Gasteiger charge is 2.67. The van der Waals surface area contributed by atoms with E-state index < -0.39 is 39.7 Å². The number of ether oxygens (including phenoxy) is 1. The Balaban J connectivity index is 1.24. The zero-order valence-electron chi connectivity index (χ0n) is 22.5. The molecule has 3 N–H and O–H groups in total. The van der Waals surface area contributed by atoms with E-state index in [2.05, 4.69) is 31.9 Å². The van der Waals surface area contributed by atoms with Gasteiger partial charge in [-0.15, -0.1) is 23.2 Å². The van der Waals surface area contributed by atoms with Crippen LogP contribution >= 0.6 is 62.3 Å². The van der Waals surface area contributed by atoms with Gasteiger partial charge in [-0.3, -0.25) is 14.9 Å². The van der Waals surface area contributed by atoms with Crippen LogP contribution in [-0.2, 0) is 9.53 Å². The van der Waals surface area contributed by atoms with Gasteiger partial charge in [0.2, 0.25) is 5.91 Å².